The Labute approximate surface area is 471 Å². The number of likely N-dealkylation sites (tertiary alicyclic amines) is 1. The van der Waals surface area contributed by atoms with Crippen molar-refractivity contribution in [2.24, 2.45) is 0 Å². The Morgan fingerprint density at radius 1 is 0.688 bits per heavy atom. The van der Waals surface area contributed by atoms with Crippen molar-refractivity contribution >= 4 is 102 Å². The highest BCUT2D eigenvalue weighted by Gasteiger charge is 2.32. The van der Waals surface area contributed by atoms with E-state index in [2.05, 4.69) is 23.4 Å². The second-order valence-corrected chi connectivity index (χ2v) is 21.8. The quantitative estimate of drug-likeness (QED) is 0.0884. The van der Waals surface area contributed by atoms with Gasteiger partial charge in [0.1, 0.15) is 34.2 Å². The van der Waals surface area contributed by atoms with Gasteiger partial charge in [0.15, 0.2) is 11.6 Å². The lowest BCUT2D eigenvalue weighted by molar-refractivity contribution is -0.128. The summed E-state index contributed by atoms with van der Waals surface area (Å²) in [7, 11) is 5.82. The molecule has 8 aromatic rings. The Morgan fingerprint density at radius 2 is 1.21 bits per heavy atom. The van der Waals surface area contributed by atoms with Crippen LogP contribution in [0.2, 0.25) is 10.0 Å². The average Bonchev–Trinajstić information content (AvgIpc) is 4.02. The average molecular weight is 1120 g/mol. The van der Waals surface area contributed by atoms with Crippen LogP contribution in [0, 0.1) is 11.6 Å². The third-order valence-electron chi connectivity index (χ3n) is 15.4. The van der Waals surface area contributed by atoms with Gasteiger partial charge >= 0.3 is 0 Å². The number of hydrogen-bond donors (Lipinski definition) is 3. The van der Waals surface area contributed by atoms with Crippen LogP contribution in [-0.2, 0) is 9.59 Å². The summed E-state index contributed by atoms with van der Waals surface area (Å²) in [5.74, 6) is -0.173. The number of nitrogens with one attached hydrogen (secondary N) is 1. The van der Waals surface area contributed by atoms with Crippen molar-refractivity contribution in [2.75, 3.05) is 126 Å². The van der Waals surface area contributed by atoms with Crippen LogP contribution in [0.1, 0.15) is 6.42 Å². The molecule has 2 aromatic heterocycles. The first-order valence-corrected chi connectivity index (χ1v) is 27.4. The predicted octanol–water partition coefficient (Wildman–Crippen LogP) is 9.43. The molecule has 0 saturated carbocycles. The van der Waals surface area contributed by atoms with Crippen LogP contribution >= 0.6 is 23.2 Å². The zero-order valence-electron chi connectivity index (χ0n) is 44.7. The monoisotopic (exact) mass is 1120 g/mol. The molecule has 3 aliphatic heterocycles. The molecule has 20 heteroatoms. The number of carbonyl (C=O) groups is 2. The van der Waals surface area contributed by atoms with Gasteiger partial charge in [-0.1, -0.05) is 84.9 Å². The summed E-state index contributed by atoms with van der Waals surface area (Å²) in [6, 6.07) is 24.3. The number of aromatic nitrogens is 4. The van der Waals surface area contributed by atoms with E-state index in [-0.39, 0.29) is 67.5 Å². The maximum absolute atomic E-state index is 17.3. The van der Waals surface area contributed by atoms with Crippen molar-refractivity contribution in [1.82, 2.24) is 39.5 Å². The van der Waals surface area contributed by atoms with Gasteiger partial charge in [0.2, 0.25) is 17.8 Å². The fourth-order valence-electron chi connectivity index (χ4n) is 11.2. The number of fused-ring (bicyclic) bond motifs is 4. The van der Waals surface area contributed by atoms with E-state index >= 15 is 8.78 Å². The van der Waals surface area contributed by atoms with Crippen LogP contribution in [0.5, 0.6) is 11.5 Å². The first kappa shape index (κ1) is 54.1. The summed E-state index contributed by atoms with van der Waals surface area (Å²) in [6.07, 6.45) is 1.97. The molecular weight excluding hydrogens is 1060 g/mol. The Kier molecular flexibility index (Phi) is 15.1. The van der Waals surface area contributed by atoms with Gasteiger partial charge in [0.05, 0.1) is 10.0 Å². The van der Waals surface area contributed by atoms with Gasteiger partial charge in [-0.2, -0.15) is 9.97 Å². The van der Waals surface area contributed by atoms with Crippen LogP contribution in [-0.4, -0.2) is 174 Å². The molecule has 80 heavy (non-hydrogen) atoms. The molecule has 3 saturated heterocycles. The molecule has 412 valence electrons. The van der Waals surface area contributed by atoms with Gasteiger partial charge in [-0.15, -0.1) is 0 Å². The smallest absolute Gasteiger partial charge is 0.250 e. The molecule has 0 radical (unpaired) electrons. The number of benzene rings is 6. The number of piperazine rings is 2. The van der Waals surface area contributed by atoms with Crippen molar-refractivity contribution in [2.45, 2.75) is 12.5 Å². The fraction of sp³-hybridized carbons (Fsp3) is 0.300. The predicted molar refractivity (Wildman–Crippen MR) is 315 cm³/mol. The summed E-state index contributed by atoms with van der Waals surface area (Å²) in [4.78, 5) is 59.9. The van der Waals surface area contributed by atoms with Crippen molar-refractivity contribution in [3.05, 3.63) is 131 Å². The lowest BCUT2D eigenvalue weighted by Gasteiger charge is -2.37. The van der Waals surface area contributed by atoms with Crippen molar-refractivity contribution in [3.63, 3.8) is 0 Å². The lowest BCUT2D eigenvalue weighted by Crippen LogP contribution is -2.50. The van der Waals surface area contributed by atoms with Crippen LogP contribution in [0.3, 0.4) is 0 Å². The van der Waals surface area contributed by atoms with E-state index in [0.717, 1.165) is 16.2 Å². The highest BCUT2D eigenvalue weighted by Crippen LogP contribution is 2.45. The van der Waals surface area contributed by atoms with Crippen molar-refractivity contribution < 1.29 is 28.6 Å². The molecule has 1 unspecified atom stereocenters. The van der Waals surface area contributed by atoms with E-state index < -0.39 is 11.6 Å². The van der Waals surface area contributed by atoms with Crippen LogP contribution < -0.4 is 20.0 Å². The number of rotatable bonds is 14. The number of carbonyl (C=O) groups excluding carboxylic acids is 2. The summed E-state index contributed by atoms with van der Waals surface area (Å²) in [5.41, 5.74) is 1.67. The minimum atomic E-state index is -0.662. The standard InChI is InChI=1S/C60H60Cl2F2N12O4/c1-6-49(79)73-19-21-74(22-20-73)56-45-31-47(61)50(43-29-39(77)27-36-11-7-9-13-41(36)43)52(63)54(45)66-59(68-56)65-38-15-16-72(34-38)33-35(2)58(80)76-25-23-75(24-26-76)57-46-32-48(62)51(44-30-40(78)28-37-12-8-10-14-42(37)44)53(64)55(46)67-60(69-57)71(5)18-17-70(3)4/h6-14,27-32,38,77-78H,1-2,15-26,33-34H2,3-5H3,(H,65,66,68). The summed E-state index contributed by atoms with van der Waals surface area (Å²) in [5, 5.41) is 28.9. The normalized spacial score (nSPS) is 16.2. The maximum Gasteiger partial charge on any atom is 0.250 e. The zero-order chi connectivity index (χ0) is 56.1. The lowest BCUT2D eigenvalue weighted by atomic mass is 9.96. The number of likely N-dealkylation sites (N-methyl/N-ethyl adjacent to an activating group) is 2. The van der Waals surface area contributed by atoms with Crippen LogP contribution in [0.4, 0.5) is 32.3 Å². The SMILES string of the molecule is C=CC(=O)N1CCN(c2nc(NC3CCN(CC(=C)C(=O)N4CCN(c5nc(N(C)CCN(C)C)nc6c(F)c(-c7cc(O)cc8ccccc78)c(Cl)cc56)CC4)C3)nc3c(F)c(-c4cc(O)cc5ccccc45)c(Cl)cc23)CC1. The van der Waals surface area contributed by atoms with E-state index in [9.17, 15) is 19.8 Å². The van der Waals surface area contributed by atoms with E-state index in [1.807, 2.05) is 89.3 Å². The summed E-state index contributed by atoms with van der Waals surface area (Å²) in [6.45, 7) is 13.8. The topological polar surface area (TPSA) is 161 Å². The minimum Gasteiger partial charge on any atom is -0.508 e. The molecule has 3 N–H and O–H groups in total. The first-order chi connectivity index (χ1) is 38.5. The summed E-state index contributed by atoms with van der Waals surface area (Å²) >= 11 is 14.0. The number of hydrogen-bond acceptors (Lipinski definition) is 14. The largest absolute Gasteiger partial charge is 0.508 e. The van der Waals surface area contributed by atoms with Gasteiger partial charge in [0, 0.05) is 126 Å². The number of phenols is 2. The van der Waals surface area contributed by atoms with Crippen molar-refractivity contribution in [3.8, 4) is 33.8 Å². The van der Waals surface area contributed by atoms with Gasteiger partial charge < -0.3 is 44.9 Å². The number of halogens is 4. The number of nitrogens with zero attached hydrogens (tertiary/aromatic N) is 11. The molecule has 0 bridgehead atoms. The van der Waals surface area contributed by atoms with E-state index in [4.69, 9.17) is 43.1 Å². The van der Waals surface area contributed by atoms with Crippen LogP contribution in [0.25, 0.3) is 65.6 Å². The second-order valence-electron chi connectivity index (χ2n) is 21.0. The Hall–Kier alpha value is -7.90. The van der Waals surface area contributed by atoms with Gasteiger partial charge in [-0.05, 0) is 95.7 Å². The highest BCUT2D eigenvalue weighted by molar-refractivity contribution is 6.35. The summed E-state index contributed by atoms with van der Waals surface area (Å²) < 4.78 is 34.6. The van der Waals surface area contributed by atoms with Crippen LogP contribution in [0.15, 0.2) is 110 Å². The molecule has 2 amide bonds. The third-order valence-corrected chi connectivity index (χ3v) is 16.0. The molecule has 5 heterocycles. The maximum atomic E-state index is 17.3. The second kappa shape index (κ2) is 22.3. The molecule has 6 aromatic carbocycles. The fourth-order valence-corrected chi connectivity index (χ4v) is 11.8. The van der Waals surface area contributed by atoms with Gasteiger partial charge in [-0.25, -0.2) is 18.7 Å². The Balaban J connectivity index is 0.805. The first-order valence-electron chi connectivity index (χ1n) is 26.6. The molecule has 1 atom stereocenters. The zero-order valence-corrected chi connectivity index (χ0v) is 46.2. The van der Waals surface area contributed by atoms with E-state index in [1.165, 1.54) is 18.2 Å². The number of aromatic hydroxyl groups is 2. The molecule has 3 aliphatic rings. The number of amides is 2. The van der Waals surface area contributed by atoms with Crippen molar-refractivity contribution in [1.29, 1.82) is 0 Å². The van der Waals surface area contributed by atoms with Gasteiger partial charge in [-0.3, -0.25) is 14.5 Å². The van der Waals surface area contributed by atoms with E-state index in [1.54, 1.807) is 34.1 Å². The molecule has 11 rings (SSSR count). The number of phenolic OH excluding ortho intramolecular Hbond substituents is 2. The number of anilines is 4. The molecular formula is C60H60Cl2F2N12O4. The molecule has 16 nitrogen and oxygen atoms in total. The molecule has 3 fully saturated rings. The third kappa shape index (κ3) is 10.6. The molecule has 0 aliphatic carbocycles. The van der Waals surface area contributed by atoms with E-state index in [0.29, 0.717) is 142 Å². The van der Waals surface area contributed by atoms with Gasteiger partial charge in [0.25, 0.3) is 5.91 Å². The minimum absolute atomic E-state index is 0.0194. The highest BCUT2D eigenvalue weighted by atomic mass is 35.5. The molecule has 0 spiro atoms. The Morgan fingerprint density at radius 3 is 1.76 bits per heavy atom. The Bertz CT molecular complexity index is 3800.